The Hall–Kier alpha value is -3.11. The molecule has 0 saturated carbocycles. The maximum Gasteiger partial charge on any atom is 0.410 e. The average molecular weight is 639 g/mol. The lowest BCUT2D eigenvalue weighted by atomic mass is 9.79. The molecule has 2 aromatic carbocycles. The molecule has 9 nitrogen and oxygen atoms in total. The van der Waals surface area contributed by atoms with Gasteiger partial charge in [-0.2, -0.15) is 4.31 Å². The van der Waals surface area contributed by atoms with Crippen molar-refractivity contribution in [2.75, 3.05) is 44.2 Å². The number of anilines is 1. The summed E-state index contributed by atoms with van der Waals surface area (Å²) in [5, 5.41) is 3.06. The number of nitrogens with zero attached hydrogens (tertiary/aromatic N) is 3. The minimum absolute atomic E-state index is 0.0394. The minimum atomic E-state index is -3.65. The van der Waals surface area contributed by atoms with E-state index >= 15 is 0 Å². The van der Waals surface area contributed by atoms with Crippen molar-refractivity contribution in [1.82, 2.24) is 14.5 Å². The number of ether oxygens (including phenoxy) is 1. The van der Waals surface area contributed by atoms with Gasteiger partial charge in [-0.1, -0.05) is 30.3 Å². The Morgan fingerprint density at radius 1 is 0.844 bits per heavy atom. The highest BCUT2D eigenvalue weighted by Crippen LogP contribution is 2.34. The lowest BCUT2D eigenvalue weighted by Gasteiger charge is -2.41. The third kappa shape index (κ3) is 9.00. The Morgan fingerprint density at radius 3 is 2.09 bits per heavy atom. The normalized spacial score (nSPS) is 21.0. The van der Waals surface area contributed by atoms with Crippen LogP contribution in [0.15, 0.2) is 59.5 Å². The van der Waals surface area contributed by atoms with Crippen LogP contribution in [0.1, 0.15) is 71.3 Å². The van der Waals surface area contributed by atoms with Crippen LogP contribution < -0.4 is 10.2 Å². The molecule has 3 aliphatic rings. The van der Waals surface area contributed by atoms with Gasteiger partial charge in [0.2, 0.25) is 15.9 Å². The van der Waals surface area contributed by atoms with Crippen LogP contribution in [0.5, 0.6) is 0 Å². The zero-order valence-corrected chi connectivity index (χ0v) is 27.9. The second kappa shape index (κ2) is 14.5. The number of hydrogen-bond donors (Lipinski definition) is 1. The number of likely N-dealkylation sites (tertiary alicyclic amines) is 1. The summed E-state index contributed by atoms with van der Waals surface area (Å²) in [5.74, 6) is 1.23. The van der Waals surface area contributed by atoms with Gasteiger partial charge >= 0.3 is 6.09 Å². The van der Waals surface area contributed by atoms with E-state index < -0.39 is 15.6 Å². The molecule has 1 unspecified atom stereocenters. The monoisotopic (exact) mass is 638 g/mol. The van der Waals surface area contributed by atoms with Gasteiger partial charge in [0, 0.05) is 57.4 Å². The van der Waals surface area contributed by atoms with E-state index in [4.69, 9.17) is 4.74 Å². The van der Waals surface area contributed by atoms with E-state index in [1.807, 2.05) is 68.1 Å². The zero-order valence-electron chi connectivity index (χ0n) is 27.1. The standard InChI is InChI=1S/C35H50N4O5S/c1-35(2,3)44-34(41)38-24-19-29(20-25-38)28-17-22-37(23-18-28)31-12-14-32(15-13-31)45(42,43)39-21-7-10-30(26-39)36-33(40)16-11-27-8-5-4-6-9-27/h4-6,8-9,12-15,28-30H,7,10-11,16-26H2,1-3H3,(H,36,40). The van der Waals surface area contributed by atoms with E-state index in [1.54, 1.807) is 12.1 Å². The molecule has 0 aromatic heterocycles. The maximum absolute atomic E-state index is 13.5. The lowest BCUT2D eigenvalue weighted by molar-refractivity contribution is -0.122. The molecule has 3 saturated heterocycles. The maximum atomic E-state index is 13.5. The molecule has 3 heterocycles. The van der Waals surface area contributed by atoms with Crippen LogP contribution in [-0.2, 0) is 26.0 Å². The van der Waals surface area contributed by atoms with Crippen LogP contribution in [0, 0.1) is 11.8 Å². The van der Waals surface area contributed by atoms with Gasteiger partial charge in [-0.05, 0) is 107 Å². The number of carbonyl (C=O) groups excluding carboxylic acids is 2. The van der Waals surface area contributed by atoms with E-state index in [0.29, 0.717) is 42.7 Å². The van der Waals surface area contributed by atoms with E-state index in [0.717, 1.165) is 76.0 Å². The molecular weight excluding hydrogens is 588 g/mol. The van der Waals surface area contributed by atoms with Gasteiger partial charge in [-0.15, -0.1) is 0 Å². The third-order valence-corrected chi connectivity index (χ3v) is 11.3. The number of nitrogens with one attached hydrogen (secondary N) is 1. The van der Waals surface area contributed by atoms with Gasteiger partial charge in [0.15, 0.2) is 0 Å². The first-order valence-corrected chi connectivity index (χ1v) is 18.1. The highest BCUT2D eigenvalue weighted by Gasteiger charge is 2.34. The van der Waals surface area contributed by atoms with Crippen molar-refractivity contribution in [1.29, 1.82) is 0 Å². The van der Waals surface area contributed by atoms with Gasteiger partial charge in [0.25, 0.3) is 0 Å². The molecule has 45 heavy (non-hydrogen) atoms. The van der Waals surface area contributed by atoms with E-state index in [1.165, 1.54) is 4.31 Å². The Morgan fingerprint density at radius 2 is 1.47 bits per heavy atom. The average Bonchev–Trinajstić information content (AvgIpc) is 3.04. The van der Waals surface area contributed by atoms with E-state index in [2.05, 4.69) is 10.2 Å². The van der Waals surface area contributed by atoms with E-state index in [9.17, 15) is 18.0 Å². The van der Waals surface area contributed by atoms with Gasteiger partial charge < -0.3 is 19.9 Å². The third-order valence-electron chi connectivity index (χ3n) is 9.47. The summed E-state index contributed by atoms with van der Waals surface area (Å²) in [7, 11) is -3.65. The summed E-state index contributed by atoms with van der Waals surface area (Å²) in [6, 6.07) is 17.0. The summed E-state index contributed by atoms with van der Waals surface area (Å²) in [6.45, 7) is 9.87. The van der Waals surface area contributed by atoms with Crippen LogP contribution in [-0.4, -0.2) is 80.5 Å². The Bertz CT molecular complexity index is 1380. The first-order chi connectivity index (χ1) is 21.5. The fourth-order valence-corrected chi connectivity index (χ4v) is 8.49. The number of rotatable bonds is 8. The summed E-state index contributed by atoms with van der Waals surface area (Å²) in [6.07, 6.45) is 6.59. The smallest absolute Gasteiger partial charge is 0.410 e. The van der Waals surface area contributed by atoms with Crippen molar-refractivity contribution in [3.05, 3.63) is 60.2 Å². The lowest BCUT2D eigenvalue weighted by Crippen LogP contribution is -2.49. The Kier molecular flexibility index (Phi) is 10.7. The van der Waals surface area contributed by atoms with Gasteiger partial charge in [-0.3, -0.25) is 4.79 Å². The van der Waals surface area contributed by atoms with E-state index in [-0.39, 0.29) is 18.0 Å². The molecule has 2 aromatic rings. The molecule has 1 atom stereocenters. The van der Waals surface area contributed by atoms with Crippen LogP contribution in [0.4, 0.5) is 10.5 Å². The molecule has 1 N–H and O–H groups in total. The fourth-order valence-electron chi connectivity index (χ4n) is 6.97. The second-order valence-electron chi connectivity index (χ2n) is 13.9. The predicted molar refractivity (Wildman–Crippen MR) is 177 cm³/mol. The number of sulfonamides is 1. The molecule has 0 bridgehead atoms. The number of piperidine rings is 3. The van der Waals surface area contributed by atoms with Crippen molar-refractivity contribution in [3.8, 4) is 0 Å². The summed E-state index contributed by atoms with van der Waals surface area (Å²) in [4.78, 5) is 29.5. The second-order valence-corrected chi connectivity index (χ2v) is 15.8. The summed E-state index contributed by atoms with van der Waals surface area (Å²) >= 11 is 0. The van der Waals surface area contributed by atoms with Crippen LogP contribution >= 0.6 is 0 Å². The zero-order chi connectivity index (χ0) is 32.0. The number of hydrogen-bond acceptors (Lipinski definition) is 6. The van der Waals surface area contributed by atoms with Crippen molar-refractivity contribution >= 4 is 27.7 Å². The van der Waals surface area contributed by atoms with Gasteiger partial charge in [0.05, 0.1) is 4.90 Å². The highest BCUT2D eigenvalue weighted by atomic mass is 32.2. The Balaban J connectivity index is 1.08. The Labute approximate surface area is 269 Å². The van der Waals surface area contributed by atoms with Crippen LogP contribution in [0.3, 0.4) is 0 Å². The molecule has 246 valence electrons. The minimum Gasteiger partial charge on any atom is -0.444 e. The molecule has 2 amide bonds. The molecule has 0 aliphatic carbocycles. The number of benzene rings is 2. The largest absolute Gasteiger partial charge is 0.444 e. The van der Waals surface area contributed by atoms with Crippen LogP contribution in [0.2, 0.25) is 0 Å². The first-order valence-electron chi connectivity index (χ1n) is 16.6. The number of aryl methyl sites for hydroxylation is 1. The van der Waals surface area contributed by atoms with Crippen molar-refractivity contribution < 1.29 is 22.7 Å². The van der Waals surface area contributed by atoms with Crippen molar-refractivity contribution in [2.24, 2.45) is 11.8 Å². The predicted octanol–water partition coefficient (Wildman–Crippen LogP) is 5.45. The van der Waals surface area contributed by atoms with Crippen LogP contribution in [0.25, 0.3) is 0 Å². The molecule has 3 aliphatic heterocycles. The van der Waals surface area contributed by atoms with Crippen molar-refractivity contribution in [2.45, 2.75) is 88.7 Å². The summed E-state index contributed by atoms with van der Waals surface area (Å²) < 4.78 is 34.1. The SMILES string of the molecule is CC(C)(C)OC(=O)N1CCC(C2CCN(c3ccc(S(=O)(=O)N4CCCC(NC(=O)CCc5ccccc5)C4)cc3)CC2)CC1. The number of amides is 2. The quantitative estimate of drug-likeness (QED) is 0.413. The fraction of sp³-hybridized carbons (Fsp3) is 0.600. The molecule has 3 fully saturated rings. The first kappa shape index (κ1) is 33.3. The topological polar surface area (TPSA) is 99.3 Å². The van der Waals surface area contributed by atoms with Crippen molar-refractivity contribution in [3.63, 3.8) is 0 Å². The highest BCUT2D eigenvalue weighted by molar-refractivity contribution is 7.89. The molecule has 0 radical (unpaired) electrons. The summed E-state index contributed by atoms with van der Waals surface area (Å²) in [5.41, 5.74) is 1.70. The van der Waals surface area contributed by atoms with Gasteiger partial charge in [-0.25, -0.2) is 13.2 Å². The number of carbonyl (C=O) groups is 2. The molecule has 5 rings (SSSR count). The molecular formula is C35H50N4O5S. The molecule has 0 spiro atoms. The van der Waals surface area contributed by atoms with Gasteiger partial charge in [0.1, 0.15) is 5.60 Å². The molecule has 10 heteroatoms.